The van der Waals surface area contributed by atoms with Crippen LogP contribution in [0.1, 0.15) is 22.6 Å². The van der Waals surface area contributed by atoms with Crippen LogP contribution in [-0.2, 0) is 0 Å². The van der Waals surface area contributed by atoms with Crippen LogP contribution >= 0.6 is 0 Å². The molecule has 0 saturated carbocycles. The molecule has 1 heteroatoms. The maximum Gasteiger partial charge on any atom is 0.0541 e. The van der Waals surface area contributed by atoms with Gasteiger partial charge in [0.15, 0.2) is 0 Å². The molecular formula is C59H37N. The molecule has 60 heavy (non-hydrogen) atoms. The lowest BCUT2D eigenvalue weighted by molar-refractivity contribution is 1.02. The summed E-state index contributed by atoms with van der Waals surface area (Å²) in [5.74, 6) is 0.220. The minimum atomic E-state index is 0.220. The molecule has 0 fully saturated rings. The molecule has 0 spiro atoms. The van der Waals surface area contributed by atoms with Crippen molar-refractivity contribution < 1.29 is 0 Å². The number of aromatic nitrogens is 1. The average molecular weight is 760 g/mol. The van der Waals surface area contributed by atoms with Crippen molar-refractivity contribution in [1.82, 2.24) is 4.57 Å². The van der Waals surface area contributed by atoms with Crippen molar-refractivity contribution in [2.75, 3.05) is 0 Å². The van der Waals surface area contributed by atoms with Gasteiger partial charge in [-0.05, 0) is 136 Å². The molecule has 0 saturated heterocycles. The van der Waals surface area contributed by atoms with Gasteiger partial charge in [0, 0.05) is 22.4 Å². The molecule has 11 aromatic carbocycles. The van der Waals surface area contributed by atoms with Crippen LogP contribution in [0, 0.1) is 0 Å². The molecule has 0 N–H and O–H groups in total. The van der Waals surface area contributed by atoms with Gasteiger partial charge in [-0.25, -0.2) is 0 Å². The third kappa shape index (κ3) is 4.81. The fourth-order valence-electron chi connectivity index (χ4n) is 10.6. The molecule has 1 atom stereocenters. The van der Waals surface area contributed by atoms with Crippen LogP contribution in [0.4, 0.5) is 0 Å². The highest BCUT2D eigenvalue weighted by atomic mass is 15.0. The number of benzene rings is 11. The summed E-state index contributed by atoms with van der Waals surface area (Å²) < 4.78 is 2.43. The smallest absolute Gasteiger partial charge is 0.0541 e. The van der Waals surface area contributed by atoms with Crippen molar-refractivity contribution in [3.8, 4) is 39.1 Å². The van der Waals surface area contributed by atoms with Crippen LogP contribution in [0.5, 0.6) is 0 Å². The number of nitrogens with zero attached hydrogens (tertiary/aromatic N) is 1. The fourth-order valence-corrected chi connectivity index (χ4v) is 10.6. The first-order valence-electron chi connectivity index (χ1n) is 21.0. The van der Waals surface area contributed by atoms with E-state index in [1.165, 1.54) is 115 Å². The number of hydrogen-bond acceptors (Lipinski definition) is 0. The Morgan fingerprint density at radius 3 is 1.60 bits per heavy atom. The summed E-state index contributed by atoms with van der Waals surface area (Å²) in [5.41, 5.74) is 15.3. The summed E-state index contributed by atoms with van der Waals surface area (Å²) in [6, 6.07) is 81.2. The van der Waals surface area contributed by atoms with E-state index in [1.807, 2.05) is 0 Å². The van der Waals surface area contributed by atoms with Crippen molar-refractivity contribution in [2.45, 2.75) is 5.92 Å². The first kappa shape index (κ1) is 33.3. The molecular weight excluding hydrogens is 723 g/mol. The van der Waals surface area contributed by atoms with E-state index < -0.39 is 0 Å². The predicted molar refractivity (Wildman–Crippen MR) is 254 cm³/mol. The van der Waals surface area contributed by atoms with Crippen molar-refractivity contribution >= 4 is 64.9 Å². The molecule has 1 heterocycles. The lowest BCUT2D eigenvalue weighted by atomic mass is 9.87. The number of rotatable bonds is 4. The minimum Gasteiger partial charge on any atom is -0.309 e. The van der Waals surface area contributed by atoms with Gasteiger partial charge in [-0.2, -0.15) is 0 Å². The fraction of sp³-hybridized carbons (Fsp3) is 0.0169. The molecule has 0 amide bonds. The van der Waals surface area contributed by atoms with E-state index in [9.17, 15) is 0 Å². The Labute approximate surface area is 348 Å². The van der Waals surface area contributed by atoms with Gasteiger partial charge in [0.2, 0.25) is 0 Å². The topological polar surface area (TPSA) is 4.93 Å². The van der Waals surface area contributed by atoms with Gasteiger partial charge in [-0.1, -0.05) is 176 Å². The third-order valence-corrected chi connectivity index (χ3v) is 13.2. The zero-order valence-electron chi connectivity index (χ0n) is 32.8. The van der Waals surface area contributed by atoms with E-state index in [0.717, 1.165) is 5.69 Å². The SMILES string of the molecule is c1ccc(C2c3ccccc3-c3ccc(-c4ccc5c(c4)c4ccccc4n5-c4ccc(-c5cc6c7ccccc7c7ccccc7c6c6ccccc56)cc4)cc32)cc1. The molecule has 1 aromatic heterocycles. The van der Waals surface area contributed by atoms with E-state index in [1.54, 1.807) is 0 Å². The molecule has 1 unspecified atom stereocenters. The average Bonchev–Trinajstić information content (AvgIpc) is 3.84. The monoisotopic (exact) mass is 759 g/mol. The molecule has 0 aliphatic heterocycles. The third-order valence-electron chi connectivity index (χ3n) is 13.2. The van der Waals surface area contributed by atoms with Crippen LogP contribution in [-0.4, -0.2) is 4.57 Å². The Balaban J connectivity index is 0.941. The molecule has 12 aromatic rings. The first-order valence-corrected chi connectivity index (χ1v) is 21.0. The molecule has 0 radical (unpaired) electrons. The van der Waals surface area contributed by atoms with Gasteiger partial charge in [0.1, 0.15) is 0 Å². The normalized spacial score (nSPS) is 13.5. The Morgan fingerprint density at radius 1 is 0.283 bits per heavy atom. The summed E-state index contributed by atoms with van der Waals surface area (Å²) in [4.78, 5) is 0. The van der Waals surface area contributed by atoms with Crippen LogP contribution in [0.3, 0.4) is 0 Å². The molecule has 1 aliphatic carbocycles. The van der Waals surface area contributed by atoms with E-state index in [4.69, 9.17) is 0 Å². The van der Waals surface area contributed by atoms with Crippen molar-refractivity contribution in [3.05, 3.63) is 235 Å². The van der Waals surface area contributed by atoms with Gasteiger partial charge >= 0.3 is 0 Å². The van der Waals surface area contributed by atoms with Crippen LogP contribution in [0.15, 0.2) is 218 Å². The predicted octanol–water partition coefficient (Wildman–Crippen LogP) is 15.9. The Kier molecular flexibility index (Phi) is 7.14. The maximum atomic E-state index is 2.44. The highest BCUT2D eigenvalue weighted by Crippen LogP contribution is 2.49. The molecule has 0 bridgehead atoms. The second kappa shape index (κ2) is 12.9. The van der Waals surface area contributed by atoms with E-state index >= 15 is 0 Å². The highest BCUT2D eigenvalue weighted by Gasteiger charge is 2.30. The van der Waals surface area contributed by atoms with E-state index in [0.29, 0.717) is 0 Å². The van der Waals surface area contributed by atoms with E-state index in [-0.39, 0.29) is 5.92 Å². The second-order valence-electron chi connectivity index (χ2n) is 16.3. The van der Waals surface area contributed by atoms with E-state index in [2.05, 4.69) is 223 Å². The van der Waals surface area contributed by atoms with Crippen LogP contribution in [0.25, 0.3) is 104 Å². The van der Waals surface area contributed by atoms with Gasteiger partial charge in [0.25, 0.3) is 0 Å². The molecule has 13 rings (SSSR count). The largest absolute Gasteiger partial charge is 0.309 e. The van der Waals surface area contributed by atoms with Gasteiger partial charge in [-0.15, -0.1) is 0 Å². The highest BCUT2D eigenvalue weighted by molar-refractivity contribution is 6.33. The number of hydrogen-bond donors (Lipinski definition) is 0. The number of para-hydroxylation sites is 1. The lowest BCUT2D eigenvalue weighted by Crippen LogP contribution is -1.99. The van der Waals surface area contributed by atoms with Crippen LogP contribution < -0.4 is 0 Å². The van der Waals surface area contributed by atoms with Crippen LogP contribution in [0.2, 0.25) is 0 Å². The van der Waals surface area contributed by atoms with Gasteiger partial charge in [-0.3, -0.25) is 0 Å². The summed E-state index contributed by atoms with van der Waals surface area (Å²) in [6.45, 7) is 0. The minimum absolute atomic E-state index is 0.220. The van der Waals surface area contributed by atoms with Crippen molar-refractivity contribution in [1.29, 1.82) is 0 Å². The lowest BCUT2D eigenvalue weighted by Gasteiger charge is -2.16. The summed E-state index contributed by atoms with van der Waals surface area (Å²) in [7, 11) is 0. The first-order chi connectivity index (χ1) is 29.8. The second-order valence-corrected chi connectivity index (χ2v) is 16.3. The Morgan fingerprint density at radius 2 is 0.817 bits per heavy atom. The maximum absolute atomic E-state index is 2.44. The molecule has 278 valence electrons. The summed E-state index contributed by atoms with van der Waals surface area (Å²) in [6.07, 6.45) is 0. The standard InChI is InChI=1S/C59H37N/c1-2-14-38(15-3-1)58-49-22-9-6-18-44(49)47-32-28-39(35-54(47)58)40-29-33-57-53(34-40)48-21-12-13-25-56(48)60(57)41-30-26-37(27-31-41)52-36-55-45-19-5-4-16-42(45)43-17-7-10-23-50(43)59(55)51-24-11-8-20-46(51)52/h1-36,58H. The van der Waals surface area contributed by atoms with Gasteiger partial charge in [0.05, 0.1) is 11.0 Å². The zero-order chi connectivity index (χ0) is 39.3. The quantitative estimate of drug-likeness (QED) is 0.158. The summed E-state index contributed by atoms with van der Waals surface area (Å²) >= 11 is 0. The molecule has 1 nitrogen and oxygen atoms in total. The number of fused-ring (bicyclic) bond motifs is 14. The Hall–Kier alpha value is -7.74. The Bertz CT molecular complexity index is 3700. The van der Waals surface area contributed by atoms with Gasteiger partial charge < -0.3 is 4.57 Å². The molecule has 1 aliphatic rings. The zero-order valence-corrected chi connectivity index (χ0v) is 32.8. The van der Waals surface area contributed by atoms with Crippen molar-refractivity contribution in [2.24, 2.45) is 0 Å². The summed E-state index contributed by atoms with van der Waals surface area (Å²) in [5, 5.41) is 12.9. The van der Waals surface area contributed by atoms with Crippen molar-refractivity contribution in [3.63, 3.8) is 0 Å².